The van der Waals surface area contributed by atoms with Crippen molar-refractivity contribution in [3.8, 4) is 17.6 Å². The highest BCUT2D eigenvalue weighted by molar-refractivity contribution is 5.33. The van der Waals surface area contributed by atoms with Crippen LogP contribution in [-0.4, -0.2) is 11.6 Å². The fourth-order valence-electron chi connectivity index (χ4n) is 3.21. The fraction of sp³-hybridized carbons (Fsp3) is 0.381. The van der Waals surface area contributed by atoms with Gasteiger partial charge in [0.2, 0.25) is 5.95 Å². The first kappa shape index (κ1) is 16.5. The SMILES string of the molecule is CCOc1ccc([C@H]2CC[C@H](C#Cc3ccc(F)nc3)CC2)cc1. The Balaban J connectivity index is 1.55. The standard InChI is InChI=1S/C21H22FNO/c1-2-24-20-12-10-19(11-13-20)18-8-5-16(6-9-18)3-4-17-7-14-21(22)23-15-17/h7,10-16,18H,2,5-6,8-9H2,1H3/t16-,18-. The summed E-state index contributed by atoms with van der Waals surface area (Å²) < 4.78 is 18.3. The molecule has 0 spiro atoms. The molecule has 0 radical (unpaired) electrons. The molecule has 24 heavy (non-hydrogen) atoms. The molecule has 0 bridgehead atoms. The third-order valence-electron chi connectivity index (χ3n) is 4.54. The topological polar surface area (TPSA) is 22.1 Å². The molecular formula is C21H22FNO. The highest BCUT2D eigenvalue weighted by Crippen LogP contribution is 2.36. The average molecular weight is 323 g/mol. The van der Waals surface area contributed by atoms with Crippen LogP contribution in [-0.2, 0) is 0 Å². The quantitative estimate of drug-likeness (QED) is 0.589. The molecule has 2 aromatic rings. The molecule has 3 heteroatoms. The number of aromatic nitrogens is 1. The molecule has 2 nitrogen and oxygen atoms in total. The summed E-state index contributed by atoms with van der Waals surface area (Å²) in [5.74, 6) is 7.96. The van der Waals surface area contributed by atoms with Gasteiger partial charge in [0, 0.05) is 17.7 Å². The van der Waals surface area contributed by atoms with Gasteiger partial charge in [-0.2, -0.15) is 4.39 Å². The lowest BCUT2D eigenvalue weighted by molar-refractivity contribution is 0.339. The van der Waals surface area contributed by atoms with Gasteiger partial charge in [-0.3, -0.25) is 0 Å². The maximum absolute atomic E-state index is 12.8. The predicted octanol–water partition coefficient (Wildman–Crippen LogP) is 4.94. The molecule has 124 valence electrons. The maximum Gasteiger partial charge on any atom is 0.212 e. The molecule has 3 rings (SSSR count). The van der Waals surface area contributed by atoms with Crippen LogP contribution in [0.1, 0.15) is 49.7 Å². The molecule has 0 aliphatic heterocycles. The molecule has 0 saturated heterocycles. The lowest BCUT2D eigenvalue weighted by atomic mass is 9.79. The molecular weight excluding hydrogens is 301 g/mol. The Morgan fingerprint density at radius 1 is 1.08 bits per heavy atom. The first-order valence-electron chi connectivity index (χ1n) is 8.60. The average Bonchev–Trinajstić information content (AvgIpc) is 2.63. The number of hydrogen-bond donors (Lipinski definition) is 0. The molecule has 1 fully saturated rings. The number of hydrogen-bond acceptors (Lipinski definition) is 2. The van der Waals surface area contributed by atoms with E-state index in [0.717, 1.165) is 37.0 Å². The van der Waals surface area contributed by atoms with Crippen molar-refractivity contribution in [2.75, 3.05) is 6.61 Å². The minimum Gasteiger partial charge on any atom is -0.494 e. The zero-order valence-corrected chi connectivity index (χ0v) is 14.0. The normalized spacial score (nSPS) is 20.1. The molecule has 1 saturated carbocycles. The second-order valence-electron chi connectivity index (χ2n) is 6.19. The monoisotopic (exact) mass is 323 g/mol. The van der Waals surface area contributed by atoms with Crippen molar-refractivity contribution < 1.29 is 9.13 Å². The van der Waals surface area contributed by atoms with Gasteiger partial charge in [-0.05, 0) is 68.4 Å². The number of ether oxygens (including phenoxy) is 1. The third kappa shape index (κ3) is 4.35. The van der Waals surface area contributed by atoms with Crippen LogP contribution in [0.25, 0.3) is 0 Å². The van der Waals surface area contributed by atoms with Gasteiger partial charge in [-0.1, -0.05) is 24.0 Å². The number of nitrogens with zero attached hydrogens (tertiary/aromatic N) is 1. The summed E-state index contributed by atoms with van der Waals surface area (Å²) in [6, 6.07) is 11.5. The Bertz CT molecular complexity index is 704. The third-order valence-corrected chi connectivity index (χ3v) is 4.54. The second-order valence-corrected chi connectivity index (χ2v) is 6.19. The molecule has 1 aromatic carbocycles. The van der Waals surface area contributed by atoms with Crippen LogP contribution < -0.4 is 4.74 Å². The highest BCUT2D eigenvalue weighted by atomic mass is 19.1. The lowest BCUT2D eigenvalue weighted by Gasteiger charge is -2.26. The van der Waals surface area contributed by atoms with Crippen molar-refractivity contribution in [2.24, 2.45) is 5.92 Å². The summed E-state index contributed by atoms with van der Waals surface area (Å²) in [4.78, 5) is 3.64. The Morgan fingerprint density at radius 2 is 1.83 bits per heavy atom. The zero-order valence-electron chi connectivity index (χ0n) is 14.0. The van der Waals surface area contributed by atoms with Crippen molar-refractivity contribution in [3.63, 3.8) is 0 Å². The Kier molecular flexibility index (Phi) is 5.48. The van der Waals surface area contributed by atoms with Gasteiger partial charge in [-0.15, -0.1) is 0 Å². The Hall–Kier alpha value is -2.34. The van der Waals surface area contributed by atoms with Crippen molar-refractivity contribution in [2.45, 2.75) is 38.5 Å². The van der Waals surface area contributed by atoms with E-state index in [0.29, 0.717) is 18.4 Å². The number of halogens is 1. The van der Waals surface area contributed by atoms with Gasteiger partial charge in [0.25, 0.3) is 0 Å². The maximum atomic E-state index is 12.8. The predicted molar refractivity (Wildman–Crippen MR) is 93.4 cm³/mol. The molecule has 1 aromatic heterocycles. The van der Waals surface area contributed by atoms with Gasteiger partial charge in [0.05, 0.1) is 6.61 Å². The highest BCUT2D eigenvalue weighted by Gasteiger charge is 2.21. The molecule has 0 amide bonds. The van der Waals surface area contributed by atoms with E-state index < -0.39 is 5.95 Å². The Labute approximate surface area is 143 Å². The number of benzene rings is 1. The van der Waals surface area contributed by atoms with Crippen LogP contribution in [0.3, 0.4) is 0 Å². The first-order valence-corrected chi connectivity index (χ1v) is 8.60. The summed E-state index contributed by atoms with van der Waals surface area (Å²) in [6.45, 7) is 2.70. The summed E-state index contributed by atoms with van der Waals surface area (Å²) in [5.41, 5.74) is 2.18. The van der Waals surface area contributed by atoms with Gasteiger partial charge in [-0.25, -0.2) is 4.98 Å². The van der Waals surface area contributed by atoms with E-state index in [2.05, 4.69) is 41.1 Å². The first-order chi connectivity index (χ1) is 11.7. The van der Waals surface area contributed by atoms with E-state index in [9.17, 15) is 4.39 Å². The van der Waals surface area contributed by atoms with Gasteiger partial charge >= 0.3 is 0 Å². The van der Waals surface area contributed by atoms with E-state index in [1.165, 1.54) is 17.8 Å². The zero-order chi connectivity index (χ0) is 16.8. The molecule has 1 aliphatic carbocycles. The van der Waals surface area contributed by atoms with Crippen molar-refractivity contribution in [1.82, 2.24) is 4.98 Å². The van der Waals surface area contributed by atoms with E-state index in [1.54, 1.807) is 6.07 Å². The molecule has 0 N–H and O–H groups in total. The summed E-state index contributed by atoms with van der Waals surface area (Å²) in [7, 11) is 0. The van der Waals surface area contributed by atoms with Crippen molar-refractivity contribution in [1.29, 1.82) is 0 Å². The number of rotatable bonds is 3. The fourth-order valence-corrected chi connectivity index (χ4v) is 3.21. The largest absolute Gasteiger partial charge is 0.494 e. The van der Waals surface area contributed by atoms with Gasteiger partial charge < -0.3 is 4.74 Å². The van der Waals surface area contributed by atoms with Crippen LogP contribution in [0.15, 0.2) is 42.6 Å². The summed E-state index contributed by atoms with van der Waals surface area (Å²) in [6.07, 6.45) is 6.04. The van der Waals surface area contributed by atoms with E-state index >= 15 is 0 Å². The van der Waals surface area contributed by atoms with E-state index in [1.807, 2.05) is 6.92 Å². The van der Waals surface area contributed by atoms with Crippen LogP contribution in [0, 0.1) is 23.7 Å². The van der Waals surface area contributed by atoms with Crippen molar-refractivity contribution >= 4 is 0 Å². The van der Waals surface area contributed by atoms with Crippen LogP contribution in [0.5, 0.6) is 5.75 Å². The summed E-state index contributed by atoms with van der Waals surface area (Å²) >= 11 is 0. The Morgan fingerprint density at radius 3 is 2.46 bits per heavy atom. The molecule has 0 atom stereocenters. The smallest absolute Gasteiger partial charge is 0.212 e. The van der Waals surface area contributed by atoms with Crippen LogP contribution in [0.2, 0.25) is 0 Å². The second kappa shape index (κ2) is 7.97. The molecule has 1 heterocycles. The summed E-state index contributed by atoms with van der Waals surface area (Å²) in [5, 5.41) is 0. The minimum absolute atomic E-state index is 0.425. The minimum atomic E-state index is -0.462. The van der Waals surface area contributed by atoms with E-state index in [4.69, 9.17) is 4.74 Å². The van der Waals surface area contributed by atoms with Crippen LogP contribution in [0.4, 0.5) is 4.39 Å². The number of pyridine rings is 1. The molecule has 0 unspecified atom stereocenters. The van der Waals surface area contributed by atoms with Gasteiger partial charge in [0.15, 0.2) is 0 Å². The van der Waals surface area contributed by atoms with Gasteiger partial charge in [0.1, 0.15) is 5.75 Å². The van der Waals surface area contributed by atoms with E-state index in [-0.39, 0.29) is 0 Å². The lowest BCUT2D eigenvalue weighted by Crippen LogP contribution is -2.12. The van der Waals surface area contributed by atoms with Crippen LogP contribution >= 0.6 is 0 Å². The molecule has 1 aliphatic rings. The van der Waals surface area contributed by atoms with Crippen molar-refractivity contribution in [3.05, 3.63) is 59.7 Å².